The number of nitrogens with zero attached hydrogens (tertiary/aromatic N) is 2. The summed E-state index contributed by atoms with van der Waals surface area (Å²) in [7, 11) is 0. The molecule has 0 atom stereocenters. The maximum atomic E-state index is 12.1. The van der Waals surface area contributed by atoms with E-state index in [1.807, 2.05) is 18.2 Å². The second kappa shape index (κ2) is 7.55. The van der Waals surface area contributed by atoms with Crippen molar-refractivity contribution in [3.8, 4) is 0 Å². The first kappa shape index (κ1) is 16.7. The van der Waals surface area contributed by atoms with Gasteiger partial charge in [-0.25, -0.2) is 0 Å². The van der Waals surface area contributed by atoms with Crippen LogP contribution in [0.3, 0.4) is 0 Å². The second-order valence-electron chi connectivity index (χ2n) is 5.01. The highest BCUT2D eigenvalue weighted by Crippen LogP contribution is 2.18. The number of furan rings is 1. The van der Waals surface area contributed by atoms with E-state index in [9.17, 15) is 14.9 Å². The van der Waals surface area contributed by atoms with Crippen LogP contribution >= 0.6 is 0 Å². The molecule has 1 aromatic heterocycles. The molecule has 122 valence electrons. The molecule has 1 amide bonds. The summed E-state index contributed by atoms with van der Waals surface area (Å²) >= 11 is 0. The Balaban J connectivity index is 2.07. The van der Waals surface area contributed by atoms with E-state index in [1.165, 1.54) is 6.07 Å². The average Bonchev–Trinajstić information content (AvgIpc) is 3.03. The fraction of sp³-hybridized carbons (Fsp3) is 0.312. The predicted octanol–water partition coefficient (Wildman–Crippen LogP) is 3.28. The van der Waals surface area contributed by atoms with Gasteiger partial charge in [0, 0.05) is 12.2 Å². The molecule has 0 aliphatic heterocycles. The standard InChI is InChI=1S/C16H19N3O4/c1-3-18(4-2)11-12-6-5-7-13(10-12)17-16(20)14-8-9-15(23-14)19(21)22/h5-10H,3-4,11H2,1-2H3,(H,17,20). The van der Waals surface area contributed by atoms with Crippen LogP contribution in [0.4, 0.5) is 11.6 Å². The molecular weight excluding hydrogens is 298 g/mol. The molecule has 0 fully saturated rings. The third-order valence-electron chi connectivity index (χ3n) is 3.48. The summed E-state index contributed by atoms with van der Waals surface area (Å²) in [5.74, 6) is -1.06. The Morgan fingerprint density at radius 1 is 1.26 bits per heavy atom. The number of benzene rings is 1. The highest BCUT2D eigenvalue weighted by molar-refractivity contribution is 6.02. The topological polar surface area (TPSA) is 88.6 Å². The van der Waals surface area contributed by atoms with Gasteiger partial charge in [0.15, 0.2) is 5.76 Å². The Bertz CT molecular complexity index is 692. The third-order valence-corrected chi connectivity index (χ3v) is 3.48. The minimum absolute atomic E-state index is 0.0918. The normalized spacial score (nSPS) is 10.7. The van der Waals surface area contributed by atoms with Gasteiger partial charge in [0.25, 0.3) is 5.91 Å². The molecule has 0 unspecified atom stereocenters. The van der Waals surface area contributed by atoms with Gasteiger partial charge in [-0.2, -0.15) is 0 Å². The molecule has 0 saturated carbocycles. The minimum atomic E-state index is -0.679. The van der Waals surface area contributed by atoms with Crippen molar-refractivity contribution < 1.29 is 14.1 Å². The molecule has 0 spiro atoms. The smallest absolute Gasteiger partial charge is 0.395 e. The van der Waals surface area contributed by atoms with Crippen molar-refractivity contribution in [3.63, 3.8) is 0 Å². The molecule has 1 N–H and O–H groups in total. The van der Waals surface area contributed by atoms with Crippen molar-refractivity contribution in [2.75, 3.05) is 18.4 Å². The fourth-order valence-corrected chi connectivity index (χ4v) is 2.19. The van der Waals surface area contributed by atoms with Crippen molar-refractivity contribution in [3.05, 3.63) is 57.8 Å². The van der Waals surface area contributed by atoms with Crippen LogP contribution in [0, 0.1) is 10.1 Å². The number of rotatable bonds is 7. The Kier molecular flexibility index (Phi) is 5.48. The number of anilines is 1. The lowest BCUT2D eigenvalue weighted by Gasteiger charge is -2.18. The van der Waals surface area contributed by atoms with Crippen molar-refractivity contribution in [2.24, 2.45) is 0 Å². The Hall–Kier alpha value is -2.67. The zero-order chi connectivity index (χ0) is 16.8. The summed E-state index contributed by atoms with van der Waals surface area (Å²) in [4.78, 5) is 24.2. The molecule has 2 aromatic rings. The molecule has 0 saturated heterocycles. The van der Waals surface area contributed by atoms with Crippen molar-refractivity contribution in [2.45, 2.75) is 20.4 Å². The van der Waals surface area contributed by atoms with Gasteiger partial charge in [-0.05, 0) is 36.9 Å². The summed E-state index contributed by atoms with van der Waals surface area (Å²) in [6.07, 6.45) is 0. The molecule has 0 radical (unpaired) electrons. The zero-order valence-electron chi connectivity index (χ0n) is 13.1. The van der Waals surface area contributed by atoms with Gasteiger partial charge in [-0.1, -0.05) is 26.0 Å². The Morgan fingerprint density at radius 2 is 2.00 bits per heavy atom. The molecule has 23 heavy (non-hydrogen) atoms. The maximum absolute atomic E-state index is 12.1. The van der Waals surface area contributed by atoms with Crippen LogP contribution in [0.25, 0.3) is 0 Å². The van der Waals surface area contributed by atoms with Gasteiger partial charge in [0.1, 0.15) is 4.92 Å². The van der Waals surface area contributed by atoms with E-state index in [0.717, 1.165) is 31.3 Å². The number of amides is 1. The van der Waals surface area contributed by atoms with E-state index in [-0.39, 0.29) is 5.76 Å². The van der Waals surface area contributed by atoms with Crippen LogP contribution in [0.5, 0.6) is 0 Å². The van der Waals surface area contributed by atoms with Gasteiger partial charge < -0.3 is 9.73 Å². The molecule has 2 rings (SSSR count). The average molecular weight is 317 g/mol. The SMILES string of the molecule is CCN(CC)Cc1cccc(NC(=O)c2ccc([N+](=O)[O-])o2)c1. The highest BCUT2D eigenvalue weighted by atomic mass is 16.6. The van der Waals surface area contributed by atoms with E-state index in [4.69, 9.17) is 4.42 Å². The first-order valence-corrected chi connectivity index (χ1v) is 7.40. The summed E-state index contributed by atoms with van der Waals surface area (Å²) in [6.45, 7) is 6.88. The number of hydrogen-bond donors (Lipinski definition) is 1. The van der Waals surface area contributed by atoms with Crippen LogP contribution in [-0.4, -0.2) is 28.8 Å². The lowest BCUT2D eigenvalue weighted by Crippen LogP contribution is -2.22. The van der Waals surface area contributed by atoms with Crippen LogP contribution in [-0.2, 0) is 6.54 Å². The molecule has 0 bridgehead atoms. The van der Waals surface area contributed by atoms with Crippen molar-refractivity contribution in [1.82, 2.24) is 4.90 Å². The number of carbonyl (C=O) groups excluding carboxylic acids is 1. The van der Waals surface area contributed by atoms with E-state index in [0.29, 0.717) is 5.69 Å². The summed E-state index contributed by atoms with van der Waals surface area (Å²) in [5, 5.41) is 13.3. The number of nitrogens with one attached hydrogen (secondary N) is 1. The summed E-state index contributed by atoms with van der Waals surface area (Å²) < 4.78 is 4.89. The van der Waals surface area contributed by atoms with Crippen LogP contribution < -0.4 is 5.32 Å². The van der Waals surface area contributed by atoms with E-state index in [2.05, 4.69) is 24.1 Å². The second-order valence-corrected chi connectivity index (χ2v) is 5.01. The minimum Gasteiger partial charge on any atom is -0.395 e. The summed E-state index contributed by atoms with van der Waals surface area (Å²) in [6, 6.07) is 9.94. The lowest BCUT2D eigenvalue weighted by molar-refractivity contribution is -0.402. The first-order valence-electron chi connectivity index (χ1n) is 7.40. The van der Waals surface area contributed by atoms with E-state index >= 15 is 0 Å². The maximum Gasteiger partial charge on any atom is 0.433 e. The van der Waals surface area contributed by atoms with Gasteiger partial charge >= 0.3 is 5.88 Å². The highest BCUT2D eigenvalue weighted by Gasteiger charge is 2.17. The molecule has 7 nitrogen and oxygen atoms in total. The lowest BCUT2D eigenvalue weighted by atomic mass is 10.2. The van der Waals surface area contributed by atoms with Gasteiger partial charge in [0.05, 0.1) is 6.07 Å². The largest absolute Gasteiger partial charge is 0.433 e. The third kappa shape index (κ3) is 4.40. The van der Waals surface area contributed by atoms with Gasteiger partial charge in [0.2, 0.25) is 0 Å². The zero-order valence-corrected chi connectivity index (χ0v) is 13.1. The monoisotopic (exact) mass is 317 g/mol. The summed E-state index contributed by atoms with van der Waals surface area (Å²) in [5.41, 5.74) is 1.70. The molecule has 7 heteroatoms. The van der Waals surface area contributed by atoms with E-state index < -0.39 is 16.7 Å². The van der Waals surface area contributed by atoms with Crippen LogP contribution in [0.1, 0.15) is 30.0 Å². The molecule has 0 aliphatic rings. The Labute approximate surface area is 134 Å². The first-order chi connectivity index (χ1) is 11.0. The predicted molar refractivity (Wildman–Crippen MR) is 86.4 cm³/mol. The fourth-order valence-electron chi connectivity index (χ4n) is 2.19. The number of hydrogen-bond acceptors (Lipinski definition) is 5. The Morgan fingerprint density at radius 3 is 2.61 bits per heavy atom. The van der Waals surface area contributed by atoms with Crippen molar-refractivity contribution >= 4 is 17.5 Å². The van der Waals surface area contributed by atoms with Crippen LogP contribution in [0.2, 0.25) is 0 Å². The molecule has 1 aromatic carbocycles. The molecule has 0 aliphatic carbocycles. The number of nitro groups is 1. The van der Waals surface area contributed by atoms with Gasteiger partial charge in [-0.15, -0.1) is 0 Å². The number of carbonyl (C=O) groups is 1. The molecule has 1 heterocycles. The molecular formula is C16H19N3O4. The van der Waals surface area contributed by atoms with Crippen molar-refractivity contribution in [1.29, 1.82) is 0 Å². The van der Waals surface area contributed by atoms with E-state index in [1.54, 1.807) is 6.07 Å². The quantitative estimate of drug-likeness (QED) is 0.625. The van der Waals surface area contributed by atoms with Crippen LogP contribution in [0.15, 0.2) is 40.8 Å². The van der Waals surface area contributed by atoms with Gasteiger partial charge in [-0.3, -0.25) is 19.8 Å².